The third-order valence-corrected chi connectivity index (χ3v) is 5.02. The van der Waals surface area contributed by atoms with Gasteiger partial charge in [-0.25, -0.2) is 4.98 Å². The summed E-state index contributed by atoms with van der Waals surface area (Å²) in [6.45, 7) is 4.36. The smallest absolute Gasteiger partial charge is 0.137 e. The number of rotatable bonds is 2. The fourth-order valence-electron chi connectivity index (χ4n) is 3.42. The average Bonchev–Trinajstić information content (AvgIpc) is 2.93. The van der Waals surface area contributed by atoms with E-state index in [2.05, 4.69) is 28.4 Å². The highest BCUT2D eigenvalue weighted by Gasteiger charge is 2.16. The van der Waals surface area contributed by atoms with Gasteiger partial charge >= 0.3 is 0 Å². The largest absolute Gasteiger partial charge is 0.372 e. The van der Waals surface area contributed by atoms with Crippen molar-refractivity contribution in [3.8, 4) is 11.3 Å². The van der Waals surface area contributed by atoms with Gasteiger partial charge in [-0.05, 0) is 56.5 Å². The summed E-state index contributed by atoms with van der Waals surface area (Å²) in [7, 11) is 0. The minimum Gasteiger partial charge on any atom is -0.372 e. The predicted molar refractivity (Wildman–Crippen MR) is 96.4 cm³/mol. The molecule has 3 aromatic rings. The van der Waals surface area contributed by atoms with Crippen molar-refractivity contribution in [3.05, 3.63) is 53.3 Å². The molecule has 0 spiro atoms. The van der Waals surface area contributed by atoms with Crippen molar-refractivity contribution < 1.29 is 0 Å². The normalized spacial score (nSPS) is 15.3. The highest BCUT2D eigenvalue weighted by Crippen LogP contribution is 2.34. The highest BCUT2D eigenvalue weighted by molar-refractivity contribution is 6.33. The number of halogens is 1. The SMILES string of the molecule is Cc1c(-c2cc(N3CCCCC3)ccc2Cl)nc2ccccn12. The topological polar surface area (TPSA) is 20.5 Å². The van der Waals surface area contributed by atoms with Gasteiger partial charge in [0, 0.05) is 36.2 Å². The van der Waals surface area contributed by atoms with Crippen molar-refractivity contribution in [2.24, 2.45) is 0 Å². The summed E-state index contributed by atoms with van der Waals surface area (Å²) in [6.07, 6.45) is 5.92. The maximum Gasteiger partial charge on any atom is 0.137 e. The van der Waals surface area contributed by atoms with E-state index in [1.807, 2.05) is 30.5 Å². The van der Waals surface area contributed by atoms with Crippen molar-refractivity contribution in [3.63, 3.8) is 0 Å². The number of aryl methyl sites for hydroxylation is 1. The maximum absolute atomic E-state index is 6.50. The van der Waals surface area contributed by atoms with Crippen LogP contribution in [0.25, 0.3) is 16.9 Å². The van der Waals surface area contributed by atoms with Gasteiger partial charge in [0.2, 0.25) is 0 Å². The van der Waals surface area contributed by atoms with Crippen LogP contribution >= 0.6 is 11.6 Å². The summed E-state index contributed by atoms with van der Waals surface area (Å²) >= 11 is 6.50. The van der Waals surface area contributed by atoms with Crippen molar-refractivity contribution >= 4 is 22.9 Å². The molecule has 1 aromatic carbocycles. The van der Waals surface area contributed by atoms with Gasteiger partial charge in [-0.1, -0.05) is 17.7 Å². The number of benzene rings is 1. The van der Waals surface area contributed by atoms with E-state index in [0.717, 1.165) is 40.7 Å². The van der Waals surface area contributed by atoms with Crippen LogP contribution < -0.4 is 4.90 Å². The number of piperidine rings is 1. The van der Waals surface area contributed by atoms with E-state index in [9.17, 15) is 0 Å². The number of pyridine rings is 1. The van der Waals surface area contributed by atoms with E-state index in [1.165, 1.54) is 24.9 Å². The van der Waals surface area contributed by atoms with Crippen molar-refractivity contribution in [2.45, 2.75) is 26.2 Å². The van der Waals surface area contributed by atoms with Crippen LogP contribution in [0.15, 0.2) is 42.6 Å². The molecule has 0 bridgehead atoms. The van der Waals surface area contributed by atoms with E-state index in [4.69, 9.17) is 16.6 Å². The number of hydrogen-bond acceptors (Lipinski definition) is 2. The Morgan fingerprint density at radius 1 is 1.04 bits per heavy atom. The molecule has 23 heavy (non-hydrogen) atoms. The number of aromatic nitrogens is 2. The molecule has 1 aliphatic rings. The van der Waals surface area contributed by atoms with Crippen molar-refractivity contribution in [1.82, 2.24) is 9.38 Å². The Morgan fingerprint density at radius 2 is 1.87 bits per heavy atom. The molecule has 4 heteroatoms. The second kappa shape index (κ2) is 5.89. The molecule has 4 rings (SSSR count). The summed E-state index contributed by atoms with van der Waals surface area (Å²) in [5.41, 5.74) is 5.33. The molecule has 0 atom stereocenters. The van der Waals surface area contributed by atoms with Crippen LogP contribution in [-0.2, 0) is 0 Å². The van der Waals surface area contributed by atoms with Crippen LogP contribution in [0.1, 0.15) is 25.0 Å². The first-order valence-electron chi connectivity index (χ1n) is 8.22. The zero-order chi connectivity index (χ0) is 15.8. The van der Waals surface area contributed by atoms with Gasteiger partial charge in [0.15, 0.2) is 0 Å². The summed E-state index contributed by atoms with van der Waals surface area (Å²) in [6, 6.07) is 12.4. The molecule has 1 saturated heterocycles. The van der Waals surface area contributed by atoms with Crippen LogP contribution in [0.5, 0.6) is 0 Å². The number of hydrogen-bond donors (Lipinski definition) is 0. The van der Waals surface area contributed by atoms with Gasteiger partial charge in [0.25, 0.3) is 0 Å². The molecule has 0 aliphatic carbocycles. The number of anilines is 1. The number of fused-ring (bicyclic) bond motifs is 1. The van der Waals surface area contributed by atoms with Gasteiger partial charge < -0.3 is 9.30 Å². The first kappa shape index (κ1) is 14.6. The zero-order valence-electron chi connectivity index (χ0n) is 13.3. The Hall–Kier alpha value is -2.00. The second-order valence-electron chi connectivity index (χ2n) is 6.19. The zero-order valence-corrected chi connectivity index (χ0v) is 14.1. The van der Waals surface area contributed by atoms with Gasteiger partial charge in [0.1, 0.15) is 5.65 Å². The summed E-state index contributed by atoms with van der Waals surface area (Å²) in [5, 5.41) is 0.761. The van der Waals surface area contributed by atoms with E-state index >= 15 is 0 Å². The Morgan fingerprint density at radius 3 is 2.65 bits per heavy atom. The lowest BCUT2D eigenvalue weighted by molar-refractivity contribution is 0.578. The predicted octanol–water partition coefficient (Wildman–Crippen LogP) is 4.95. The lowest BCUT2D eigenvalue weighted by Gasteiger charge is -2.29. The Balaban J connectivity index is 1.81. The quantitative estimate of drug-likeness (QED) is 0.664. The van der Waals surface area contributed by atoms with Gasteiger partial charge in [-0.15, -0.1) is 0 Å². The van der Waals surface area contributed by atoms with Crippen molar-refractivity contribution in [2.75, 3.05) is 18.0 Å². The molecule has 0 amide bonds. The second-order valence-corrected chi connectivity index (χ2v) is 6.59. The molecule has 1 aliphatic heterocycles. The van der Waals surface area contributed by atoms with Gasteiger partial charge in [-0.2, -0.15) is 0 Å². The summed E-state index contributed by atoms with van der Waals surface area (Å²) in [4.78, 5) is 7.24. The van der Waals surface area contributed by atoms with Crippen LogP contribution in [-0.4, -0.2) is 22.5 Å². The Labute approximate surface area is 141 Å². The fraction of sp³-hybridized carbons (Fsp3) is 0.316. The van der Waals surface area contributed by atoms with Crippen LogP contribution in [0, 0.1) is 6.92 Å². The molecule has 2 aromatic heterocycles. The van der Waals surface area contributed by atoms with Gasteiger partial charge in [-0.3, -0.25) is 0 Å². The third-order valence-electron chi connectivity index (χ3n) is 4.70. The molecule has 1 fully saturated rings. The third kappa shape index (κ3) is 2.59. The average molecular weight is 326 g/mol. The van der Waals surface area contributed by atoms with Crippen LogP contribution in [0.4, 0.5) is 5.69 Å². The van der Waals surface area contributed by atoms with E-state index in [0.29, 0.717) is 0 Å². The van der Waals surface area contributed by atoms with Gasteiger partial charge in [0.05, 0.1) is 10.7 Å². The van der Waals surface area contributed by atoms with E-state index in [-0.39, 0.29) is 0 Å². The molecular formula is C19H20ClN3. The van der Waals surface area contributed by atoms with Crippen molar-refractivity contribution in [1.29, 1.82) is 0 Å². The molecule has 0 N–H and O–H groups in total. The lowest BCUT2D eigenvalue weighted by atomic mass is 10.1. The lowest BCUT2D eigenvalue weighted by Crippen LogP contribution is -2.29. The summed E-state index contributed by atoms with van der Waals surface area (Å²) < 4.78 is 2.11. The highest BCUT2D eigenvalue weighted by atomic mass is 35.5. The van der Waals surface area contributed by atoms with E-state index in [1.54, 1.807) is 0 Å². The Bertz CT molecular complexity index is 847. The van der Waals surface area contributed by atoms with E-state index < -0.39 is 0 Å². The fourth-order valence-corrected chi connectivity index (χ4v) is 3.62. The number of nitrogens with zero attached hydrogens (tertiary/aromatic N) is 3. The minimum atomic E-state index is 0.761. The number of imidazole rings is 1. The minimum absolute atomic E-state index is 0.761. The standard InChI is InChI=1S/C19H20ClN3/c1-14-19(21-18-7-3-6-12-23(14)18)16-13-15(8-9-17(16)20)22-10-4-2-5-11-22/h3,6-9,12-13H,2,4-5,10-11H2,1H3. The molecule has 0 radical (unpaired) electrons. The molecule has 3 heterocycles. The first-order valence-corrected chi connectivity index (χ1v) is 8.60. The monoisotopic (exact) mass is 325 g/mol. The summed E-state index contributed by atoms with van der Waals surface area (Å²) in [5.74, 6) is 0. The molecule has 0 unspecified atom stereocenters. The Kier molecular flexibility index (Phi) is 3.74. The van der Waals surface area contributed by atoms with Crippen LogP contribution in [0.2, 0.25) is 5.02 Å². The molecule has 118 valence electrons. The molecule has 0 saturated carbocycles. The molecule has 3 nitrogen and oxygen atoms in total. The molecular weight excluding hydrogens is 306 g/mol. The maximum atomic E-state index is 6.50. The first-order chi connectivity index (χ1) is 11.2. The van der Waals surface area contributed by atoms with Crippen LogP contribution in [0.3, 0.4) is 0 Å².